The first-order valence-corrected chi connectivity index (χ1v) is 5.94. The van der Waals surface area contributed by atoms with E-state index in [1.54, 1.807) is 0 Å². The lowest BCUT2D eigenvalue weighted by Crippen LogP contribution is -2.23. The van der Waals surface area contributed by atoms with Gasteiger partial charge in [-0.2, -0.15) is 0 Å². The maximum Gasteiger partial charge on any atom is 0.193 e. The van der Waals surface area contributed by atoms with Gasteiger partial charge < -0.3 is 14.6 Å². The summed E-state index contributed by atoms with van der Waals surface area (Å²) in [6.45, 7) is 0. The van der Waals surface area contributed by atoms with Gasteiger partial charge in [0.2, 0.25) is 0 Å². The van der Waals surface area contributed by atoms with Gasteiger partial charge >= 0.3 is 0 Å². The topological polar surface area (TPSA) is 70.7 Å². The Balaban J connectivity index is 2.20. The quantitative estimate of drug-likeness (QED) is 0.815. The maximum absolute atomic E-state index is 12.0. The number of aliphatic hydroxyl groups is 2. The van der Waals surface area contributed by atoms with Crippen LogP contribution in [0.15, 0.2) is 51.7 Å². The van der Waals surface area contributed by atoms with Gasteiger partial charge in [0.1, 0.15) is 23.7 Å². The minimum absolute atomic E-state index is 0.112. The molecule has 1 heterocycles. The van der Waals surface area contributed by atoms with Gasteiger partial charge in [-0.05, 0) is 6.08 Å². The molecule has 19 heavy (non-hydrogen) atoms. The van der Waals surface area contributed by atoms with Crippen LogP contribution in [0.3, 0.4) is 0 Å². The summed E-state index contributed by atoms with van der Waals surface area (Å²) in [5.41, 5.74) is 0.804. The van der Waals surface area contributed by atoms with Crippen molar-refractivity contribution < 1.29 is 14.6 Å². The van der Waals surface area contributed by atoms with Crippen LogP contribution in [0.2, 0.25) is 0 Å². The van der Waals surface area contributed by atoms with E-state index in [2.05, 4.69) is 0 Å². The van der Waals surface area contributed by atoms with E-state index in [1.807, 2.05) is 30.3 Å². The molecule has 0 amide bonds. The lowest BCUT2D eigenvalue weighted by molar-refractivity contribution is 0.0311. The van der Waals surface area contributed by atoms with E-state index in [1.165, 1.54) is 18.2 Å². The zero-order valence-electron chi connectivity index (χ0n) is 9.98. The first-order chi connectivity index (χ1) is 9.16. The third-order valence-corrected chi connectivity index (χ3v) is 3.12. The molecule has 4 heteroatoms. The SMILES string of the molecule is O=c1cc(-c2ccccc2)oc2c1C=C[C@H](O)[C@@H]2O. The van der Waals surface area contributed by atoms with Crippen molar-refractivity contribution in [2.75, 3.05) is 0 Å². The second-order valence-electron chi connectivity index (χ2n) is 4.41. The largest absolute Gasteiger partial charge is 0.457 e. The average molecular weight is 256 g/mol. The summed E-state index contributed by atoms with van der Waals surface area (Å²) >= 11 is 0. The fourth-order valence-corrected chi connectivity index (χ4v) is 2.10. The predicted molar refractivity (Wildman–Crippen MR) is 70.4 cm³/mol. The Kier molecular flexibility index (Phi) is 2.81. The molecule has 2 atom stereocenters. The molecular formula is C15H12O4. The van der Waals surface area contributed by atoms with E-state index < -0.39 is 12.2 Å². The van der Waals surface area contributed by atoms with Crippen LogP contribution in [0.4, 0.5) is 0 Å². The minimum atomic E-state index is -1.21. The molecule has 96 valence electrons. The van der Waals surface area contributed by atoms with Crippen LogP contribution >= 0.6 is 0 Å². The third kappa shape index (κ3) is 2.01. The van der Waals surface area contributed by atoms with Crippen molar-refractivity contribution in [1.29, 1.82) is 0 Å². The molecule has 1 aromatic heterocycles. The molecule has 0 aliphatic heterocycles. The van der Waals surface area contributed by atoms with Crippen molar-refractivity contribution in [3.05, 3.63) is 64.0 Å². The number of benzene rings is 1. The second-order valence-corrected chi connectivity index (χ2v) is 4.41. The summed E-state index contributed by atoms with van der Waals surface area (Å²) < 4.78 is 5.59. The monoisotopic (exact) mass is 256 g/mol. The van der Waals surface area contributed by atoms with Crippen LogP contribution in [0.25, 0.3) is 17.4 Å². The number of fused-ring (bicyclic) bond motifs is 1. The summed E-state index contributed by atoms with van der Waals surface area (Å²) in [7, 11) is 0. The molecule has 2 N–H and O–H groups in total. The summed E-state index contributed by atoms with van der Waals surface area (Å²) in [5.74, 6) is 0.493. The Bertz CT molecular complexity index is 685. The summed E-state index contributed by atoms with van der Waals surface area (Å²) in [6.07, 6.45) is 0.595. The molecule has 1 aliphatic rings. The van der Waals surface area contributed by atoms with E-state index in [9.17, 15) is 15.0 Å². The Morgan fingerprint density at radius 3 is 2.58 bits per heavy atom. The molecular weight excluding hydrogens is 244 g/mol. The standard InChI is InChI=1S/C15H12O4/c16-11-7-6-10-12(17)8-13(19-15(10)14(11)18)9-4-2-1-3-5-9/h1-8,11,14,16,18H/t11-,14-/m0/s1. The van der Waals surface area contributed by atoms with Gasteiger partial charge in [-0.15, -0.1) is 0 Å². The van der Waals surface area contributed by atoms with Gasteiger partial charge in [-0.3, -0.25) is 4.79 Å². The number of rotatable bonds is 1. The molecule has 0 unspecified atom stereocenters. The highest BCUT2D eigenvalue weighted by molar-refractivity contribution is 5.61. The Morgan fingerprint density at radius 2 is 1.84 bits per heavy atom. The summed E-state index contributed by atoms with van der Waals surface area (Å²) in [5, 5.41) is 19.5. The minimum Gasteiger partial charge on any atom is -0.457 e. The molecule has 3 rings (SSSR count). The smallest absolute Gasteiger partial charge is 0.193 e. The molecule has 1 aromatic carbocycles. The fraction of sp³-hybridized carbons (Fsp3) is 0.133. The lowest BCUT2D eigenvalue weighted by atomic mass is 9.98. The Labute approximate surface area is 109 Å². The molecule has 1 aliphatic carbocycles. The molecule has 0 saturated heterocycles. The van der Waals surface area contributed by atoms with Gasteiger partial charge in [-0.1, -0.05) is 36.4 Å². The van der Waals surface area contributed by atoms with Crippen LogP contribution < -0.4 is 5.43 Å². The van der Waals surface area contributed by atoms with Crippen molar-refractivity contribution in [3.8, 4) is 11.3 Å². The van der Waals surface area contributed by atoms with E-state index in [-0.39, 0.29) is 16.8 Å². The van der Waals surface area contributed by atoms with E-state index in [0.717, 1.165) is 5.56 Å². The Morgan fingerprint density at radius 1 is 1.11 bits per heavy atom. The maximum atomic E-state index is 12.0. The lowest BCUT2D eigenvalue weighted by Gasteiger charge is -2.20. The zero-order valence-corrected chi connectivity index (χ0v) is 9.98. The highest BCUT2D eigenvalue weighted by Gasteiger charge is 2.27. The average Bonchev–Trinajstić information content (AvgIpc) is 2.44. The van der Waals surface area contributed by atoms with E-state index in [0.29, 0.717) is 5.76 Å². The first kappa shape index (κ1) is 11.9. The molecule has 2 aromatic rings. The van der Waals surface area contributed by atoms with Crippen LogP contribution in [-0.4, -0.2) is 16.3 Å². The van der Waals surface area contributed by atoms with Gasteiger partial charge in [0.25, 0.3) is 0 Å². The molecule has 0 spiro atoms. The van der Waals surface area contributed by atoms with Crippen molar-refractivity contribution in [1.82, 2.24) is 0 Å². The third-order valence-electron chi connectivity index (χ3n) is 3.12. The van der Waals surface area contributed by atoms with Crippen LogP contribution in [0, 0.1) is 0 Å². The van der Waals surface area contributed by atoms with Gasteiger partial charge in [0.05, 0.1) is 5.56 Å². The molecule has 4 nitrogen and oxygen atoms in total. The van der Waals surface area contributed by atoms with Crippen molar-refractivity contribution >= 4 is 6.08 Å². The molecule has 0 radical (unpaired) electrons. The van der Waals surface area contributed by atoms with Crippen molar-refractivity contribution in [2.45, 2.75) is 12.2 Å². The van der Waals surface area contributed by atoms with Crippen molar-refractivity contribution in [3.63, 3.8) is 0 Å². The normalized spacial score (nSPS) is 21.2. The highest BCUT2D eigenvalue weighted by atomic mass is 16.4. The van der Waals surface area contributed by atoms with E-state index >= 15 is 0 Å². The summed E-state index contributed by atoms with van der Waals surface area (Å²) in [6, 6.07) is 10.5. The first-order valence-electron chi connectivity index (χ1n) is 5.94. The summed E-state index contributed by atoms with van der Waals surface area (Å²) in [4.78, 5) is 12.0. The van der Waals surface area contributed by atoms with Crippen LogP contribution in [-0.2, 0) is 0 Å². The fourth-order valence-electron chi connectivity index (χ4n) is 2.10. The molecule has 0 saturated carbocycles. The number of aliphatic hydroxyl groups excluding tert-OH is 2. The van der Waals surface area contributed by atoms with Gasteiger partial charge in [-0.25, -0.2) is 0 Å². The highest BCUT2D eigenvalue weighted by Crippen LogP contribution is 2.29. The number of hydrogen-bond acceptors (Lipinski definition) is 4. The van der Waals surface area contributed by atoms with E-state index in [4.69, 9.17) is 4.42 Å². The molecule has 0 fully saturated rings. The van der Waals surface area contributed by atoms with Crippen LogP contribution in [0.5, 0.6) is 0 Å². The van der Waals surface area contributed by atoms with Gasteiger partial charge in [0, 0.05) is 11.6 Å². The Hall–Kier alpha value is -2.17. The van der Waals surface area contributed by atoms with Gasteiger partial charge in [0.15, 0.2) is 5.43 Å². The second kappa shape index (κ2) is 4.50. The predicted octanol–water partition coefficient (Wildman–Crippen LogP) is 1.73. The van der Waals surface area contributed by atoms with Crippen LogP contribution in [0.1, 0.15) is 17.4 Å². The van der Waals surface area contributed by atoms with Crippen molar-refractivity contribution in [2.24, 2.45) is 0 Å². The zero-order chi connectivity index (χ0) is 13.4. The molecule has 0 bridgehead atoms. The number of hydrogen-bond donors (Lipinski definition) is 2.